The second-order valence-electron chi connectivity index (χ2n) is 3.38. The molecule has 13 heavy (non-hydrogen) atoms. The fourth-order valence-corrected chi connectivity index (χ4v) is 1.53. The number of nitrogens with zero attached hydrogens (tertiary/aromatic N) is 3. The highest BCUT2D eigenvalue weighted by molar-refractivity contribution is 5.43. The molecule has 1 N–H and O–H groups in total. The molecule has 1 fully saturated rings. The van der Waals surface area contributed by atoms with E-state index in [0.717, 1.165) is 24.5 Å². The first-order valence-corrected chi connectivity index (χ1v) is 4.47. The van der Waals surface area contributed by atoms with Crippen molar-refractivity contribution >= 4 is 5.69 Å². The van der Waals surface area contributed by atoms with Crippen molar-refractivity contribution in [3.8, 4) is 0 Å². The molecule has 0 radical (unpaired) electrons. The van der Waals surface area contributed by atoms with Crippen LogP contribution >= 0.6 is 0 Å². The molecule has 1 aromatic rings. The van der Waals surface area contributed by atoms with Crippen LogP contribution in [0.4, 0.5) is 5.69 Å². The van der Waals surface area contributed by atoms with Crippen molar-refractivity contribution < 1.29 is 5.11 Å². The van der Waals surface area contributed by atoms with Crippen LogP contribution in [0.1, 0.15) is 12.2 Å². The maximum atomic E-state index is 9.33. The Morgan fingerprint density at radius 1 is 1.46 bits per heavy atom. The number of β-amino-alcohol motifs (C(OH)–C–C–N with tert-alkyl or cyclic N) is 1. The summed E-state index contributed by atoms with van der Waals surface area (Å²) in [6.07, 6.45) is 4.26. The van der Waals surface area contributed by atoms with Crippen molar-refractivity contribution in [1.29, 1.82) is 0 Å². The molecule has 4 nitrogen and oxygen atoms in total. The molecule has 2 rings (SSSR count). The monoisotopic (exact) mass is 179 g/mol. The van der Waals surface area contributed by atoms with Gasteiger partial charge in [0.15, 0.2) is 0 Å². The van der Waals surface area contributed by atoms with Gasteiger partial charge in [-0.2, -0.15) is 0 Å². The van der Waals surface area contributed by atoms with Gasteiger partial charge in [-0.15, -0.1) is 0 Å². The Morgan fingerprint density at radius 3 is 2.69 bits per heavy atom. The molecule has 4 heteroatoms. The second kappa shape index (κ2) is 3.30. The summed E-state index contributed by atoms with van der Waals surface area (Å²) >= 11 is 0. The van der Waals surface area contributed by atoms with E-state index in [0.29, 0.717) is 6.54 Å². The molecule has 1 unspecified atom stereocenters. The third-order valence-corrected chi connectivity index (χ3v) is 2.30. The van der Waals surface area contributed by atoms with Crippen LogP contribution in [0.25, 0.3) is 0 Å². The lowest BCUT2D eigenvalue weighted by atomic mass is 10.3. The van der Waals surface area contributed by atoms with E-state index in [2.05, 4.69) is 14.9 Å². The predicted molar refractivity (Wildman–Crippen MR) is 49.6 cm³/mol. The molecule has 1 saturated heterocycles. The van der Waals surface area contributed by atoms with Crippen molar-refractivity contribution in [2.45, 2.75) is 19.4 Å². The maximum Gasteiger partial charge on any atom is 0.125 e. The minimum absolute atomic E-state index is 0.193. The Kier molecular flexibility index (Phi) is 2.14. The Hall–Kier alpha value is -1.16. The zero-order valence-electron chi connectivity index (χ0n) is 7.64. The van der Waals surface area contributed by atoms with Crippen molar-refractivity contribution in [2.75, 3.05) is 18.0 Å². The zero-order chi connectivity index (χ0) is 9.26. The summed E-state index contributed by atoms with van der Waals surface area (Å²) in [6.45, 7) is 3.46. The van der Waals surface area contributed by atoms with Gasteiger partial charge in [0.1, 0.15) is 5.82 Å². The van der Waals surface area contributed by atoms with Gasteiger partial charge in [0.05, 0.1) is 24.2 Å². The summed E-state index contributed by atoms with van der Waals surface area (Å²) in [5, 5.41) is 9.33. The van der Waals surface area contributed by atoms with E-state index in [4.69, 9.17) is 0 Å². The largest absolute Gasteiger partial charge is 0.391 e. The molecule has 1 aliphatic heterocycles. The molecule has 0 bridgehead atoms. The molecule has 70 valence electrons. The molecule has 2 heterocycles. The lowest BCUT2D eigenvalue weighted by Crippen LogP contribution is -2.21. The predicted octanol–water partition coefficient (Wildman–Crippen LogP) is 0.356. The highest BCUT2D eigenvalue weighted by atomic mass is 16.3. The number of aromatic nitrogens is 2. The van der Waals surface area contributed by atoms with Gasteiger partial charge >= 0.3 is 0 Å². The number of aryl methyl sites for hydroxylation is 1. The summed E-state index contributed by atoms with van der Waals surface area (Å²) < 4.78 is 0. The molecule has 0 aliphatic carbocycles. The van der Waals surface area contributed by atoms with Crippen LogP contribution in [-0.4, -0.2) is 34.3 Å². The van der Waals surface area contributed by atoms with Crippen LogP contribution in [0.3, 0.4) is 0 Å². The Bertz CT molecular complexity index is 285. The molecular formula is C9H13N3O. The molecule has 0 saturated carbocycles. The first-order chi connectivity index (χ1) is 6.25. The molecule has 1 aliphatic rings. The average Bonchev–Trinajstić information content (AvgIpc) is 2.53. The Morgan fingerprint density at radius 2 is 2.15 bits per heavy atom. The SMILES string of the molecule is Cc1ncc(N2CCC(O)C2)cn1. The van der Waals surface area contributed by atoms with Crippen LogP contribution in [0.15, 0.2) is 12.4 Å². The molecule has 1 aromatic heterocycles. The fraction of sp³-hybridized carbons (Fsp3) is 0.556. The standard InChI is InChI=1S/C9H13N3O/c1-7-10-4-8(5-11-7)12-3-2-9(13)6-12/h4-5,9,13H,2-3,6H2,1H3. The van der Waals surface area contributed by atoms with Crippen LogP contribution in [0, 0.1) is 6.92 Å². The van der Waals surface area contributed by atoms with E-state index < -0.39 is 0 Å². The average molecular weight is 179 g/mol. The number of anilines is 1. The maximum absolute atomic E-state index is 9.33. The first-order valence-electron chi connectivity index (χ1n) is 4.47. The van der Waals surface area contributed by atoms with Gasteiger partial charge in [0.2, 0.25) is 0 Å². The number of hydrogen-bond donors (Lipinski definition) is 1. The minimum atomic E-state index is -0.193. The smallest absolute Gasteiger partial charge is 0.125 e. The zero-order valence-corrected chi connectivity index (χ0v) is 7.64. The van der Waals surface area contributed by atoms with E-state index >= 15 is 0 Å². The lowest BCUT2D eigenvalue weighted by Gasteiger charge is -2.16. The topological polar surface area (TPSA) is 49.2 Å². The van der Waals surface area contributed by atoms with Gasteiger partial charge in [0.25, 0.3) is 0 Å². The van der Waals surface area contributed by atoms with Gasteiger partial charge in [0, 0.05) is 13.1 Å². The normalized spacial score (nSPS) is 22.3. The highest BCUT2D eigenvalue weighted by Gasteiger charge is 2.20. The van der Waals surface area contributed by atoms with Gasteiger partial charge < -0.3 is 10.0 Å². The molecule has 1 atom stereocenters. The molecule has 0 aromatic carbocycles. The quantitative estimate of drug-likeness (QED) is 0.676. The van der Waals surface area contributed by atoms with E-state index in [1.807, 2.05) is 6.92 Å². The number of aliphatic hydroxyl groups excluding tert-OH is 1. The second-order valence-corrected chi connectivity index (χ2v) is 3.38. The van der Waals surface area contributed by atoms with Gasteiger partial charge in [-0.1, -0.05) is 0 Å². The van der Waals surface area contributed by atoms with E-state index in [9.17, 15) is 5.11 Å². The van der Waals surface area contributed by atoms with E-state index in [-0.39, 0.29) is 6.10 Å². The first kappa shape index (κ1) is 8.44. The van der Waals surface area contributed by atoms with E-state index in [1.54, 1.807) is 12.4 Å². The highest BCUT2D eigenvalue weighted by Crippen LogP contribution is 2.17. The third kappa shape index (κ3) is 1.78. The minimum Gasteiger partial charge on any atom is -0.391 e. The van der Waals surface area contributed by atoms with Crippen molar-refractivity contribution in [1.82, 2.24) is 9.97 Å². The van der Waals surface area contributed by atoms with Crippen molar-refractivity contribution in [2.24, 2.45) is 0 Å². The summed E-state index contributed by atoms with van der Waals surface area (Å²) in [5.41, 5.74) is 1.00. The van der Waals surface area contributed by atoms with Gasteiger partial charge in [-0.3, -0.25) is 0 Å². The van der Waals surface area contributed by atoms with Gasteiger partial charge in [-0.05, 0) is 13.3 Å². The number of hydrogen-bond acceptors (Lipinski definition) is 4. The molecule has 0 spiro atoms. The van der Waals surface area contributed by atoms with Crippen molar-refractivity contribution in [3.63, 3.8) is 0 Å². The summed E-state index contributed by atoms with van der Waals surface area (Å²) in [7, 11) is 0. The van der Waals surface area contributed by atoms with Crippen molar-refractivity contribution in [3.05, 3.63) is 18.2 Å². The summed E-state index contributed by atoms with van der Waals surface area (Å²) in [5.74, 6) is 0.781. The molecule has 0 amide bonds. The number of aliphatic hydroxyl groups is 1. The fourth-order valence-electron chi connectivity index (χ4n) is 1.53. The Balaban J connectivity index is 2.13. The number of rotatable bonds is 1. The van der Waals surface area contributed by atoms with Gasteiger partial charge in [-0.25, -0.2) is 9.97 Å². The lowest BCUT2D eigenvalue weighted by molar-refractivity contribution is 0.198. The van der Waals surface area contributed by atoms with E-state index in [1.165, 1.54) is 0 Å². The van der Waals surface area contributed by atoms with Crippen LogP contribution in [-0.2, 0) is 0 Å². The summed E-state index contributed by atoms with van der Waals surface area (Å²) in [4.78, 5) is 10.3. The summed E-state index contributed by atoms with van der Waals surface area (Å²) in [6, 6.07) is 0. The van der Waals surface area contributed by atoms with Crippen LogP contribution < -0.4 is 4.90 Å². The molecular weight excluding hydrogens is 166 g/mol. The Labute approximate surface area is 77.2 Å². The van der Waals surface area contributed by atoms with Crippen LogP contribution in [0.5, 0.6) is 0 Å². The van der Waals surface area contributed by atoms with Crippen LogP contribution in [0.2, 0.25) is 0 Å². The third-order valence-electron chi connectivity index (χ3n) is 2.30.